The summed E-state index contributed by atoms with van der Waals surface area (Å²) in [6.45, 7) is 15.3. The van der Waals surface area contributed by atoms with E-state index in [0.717, 1.165) is 42.4 Å². The Balaban J connectivity index is 2.42. The van der Waals surface area contributed by atoms with Crippen LogP contribution >= 0.6 is 0 Å². The summed E-state index contributed by atoms with van der Waals surface area (Å²) >= 11 is 0. The number of benzene rings is 1. The molecule has 2 atom stereocenters. The number of aryl methyl sites for hydroxylation is 1. The Morgan fingerprint density at radius 2 is 1.71 bits per heavy atom. The predicted octanol–water partition coefficient (Wildman–Crippen LogP) is 5.19. The molecule has 1 aromatic carbocycles. The van der Waals surface area contributed by atoms with Crippen LogP contribution in [0.15, 0.2) is 18.2 Å². The van der Waals surface area contributed by atoms with Gasteiger partial charge in [0.2, 0.25) is 11.8 Å². The van der Waals surface area contributed by atoms with Crippen LogP contribution in [0, 0.1) is 19.8 Å². The highest BCUT2D eigenvalue weighted by Crippen LogP contribution is 2.29. The minimum absolute atomic E-state index is 0.124. The van der Waals surface area contributed by atoms with Gasteiger partial charge in [-0.05, 0) is 77.0 Å². The van der Waals surface area contributed by atoms with Crippen LogP contribution in [0.25, 0.3) is 0 Å². The van der Waals surface area contributed by atoms with Crippen LogP contribution in [0.3, 0.4) is 0 Å². The van der Waals surface area contributed by atoms with Gasteiger partial charge in [-0.1, -0.05) is 51.3 Å². The summed E-state index contributed by atoms with van der Waals surface area (Å²) in [5.41, 5.74) is 2.19. The number of hydrogen-bond donors (Lipinski definition) is 2. The summed E-state index contributed by atoms with van der Waals surface area (Å²) in [7, 11) is 0. The fourth-order valence-electron chi connectivity index (χ4n) is 4.64. The van der Waals surface area contributed by atoms with Gasteiger partial charge in [0.25, 0.3) is 0 Å². The summed E-state index contributed by atoms with van der Waals surface area (Å²) in [6.07, 6.45) is 4.67. The molecule has 7 heteroatoms. The van der Waals surface area contributed by atoms with Crippen molar-refractivity contribution in [1.29, 1.82) is 0 Å². The standard InChI is InChI=1S/C28H45N3O4/c1-9-31(26(33)23(18(2)3)30-27(34)35-28(6,7)8)24(22-17-13-14-19(4)20(22)5)25(32)29-21-15-11-10-12-16-21/h13-14,17-18,21,23-24H,9-12,15-16H2,1-8H3,(H,29,32)(H,30,34). The fraction of sp³-hybridized carbons (Fsp3) is 0.679. The molecule has 1 aliphatic rings. The van der Waals surface area contributed by atoms with Crippen LogP contribution in [-0.4, -0.2) is 47.0 Å². The third-order valence-corrected chi connectivity index (χ3v) is 6.68. The minimum atomic E-state index is -0.820. The first-order valence-electron chi connectivity index (χ1n) is 13.0. The maximum atomic E-state index is 13.9. The summed E-state index contributed by atoms with van der Waals surface area (Å²) < 4.78 is 5.41. The van der Waals surface area contributed by atoms with Crippen molar-refractivity contribution in [3.05, 3.63) is 34.9 Å². The van der Waals surface area contributed by atoms with Gasteiger partial charge < -0.3 is 20.3 Å². The van der Waals surface area contributed by atoms with E-state index < -0.39 is 23.8 Å². The van der Waals surface area contributed by atoms with Crippen molar-refractivity contribution in [2.75, 3.05) is 6.54 Å². The molecule has 0 radical (unpaired) electrons. The van der Waals surface area contributed by atoms with E-state index in [9.17, 15) is 14.4 Å². The first kappa shape index (κ1) is 28.7. The molecule has 35 heavy (non-hydrogen) atoms. The fourth-order valence-corrected chi connectivity index (χ4v) is 4.64. The molecule has 1 fully saturated rings. The van der Waals surface area contributed by atoms with E-state index in [-0.39, 0.29) is 23.8 Å². The first-order chi connectivity index (χ1) is 16.4. The quantitative estimate of drug-likeness (QED) is 0.528. The second-order valence-electron chi connectivity index (χ2n) is 11.0. The van der Waals surface area contributed by atoms with Crippen LogP contribution in [0.4, 0.5) is 4.79 Å². The van der Waals surface area contributed by atoms with E-state index in [4.69, 9.17) is 4.74 Å². The van der Waals surface area contributed by atoms with Crippen molar-refractivity contribution in [2.24, 2.45) is 5.92 Å². The molecule has 0 bridgehead atoms. The van der Waals surface area contributed by atoms with E-state index in [2.05, 4.69) is 10.6 Å². The van der Waals surface area contributed by atoms with Crippen LogP contribution in [0.5, 0.6) is 0 Å². The average molecular weight is 488 g/mol. The molecule has 0 saturated heterocycles. The summed E-state index contributed by atoms with van der Waals surface area (Å²) in [5, 5.41) is 5.99. The Morgan fingerprint density at radius 1 is 1.09 bits per heavy atom. The Kier molecular flexibility index (Phi) is 10.2. The minimum Gasteiger partial charge on any atom is -0.444 e. The number of alkyl carbamates (subject to hydrolysis) is 1. The molecule has 2 rings (SSSR count). The highest BCUT2D eigenvalue weighted by atomic mass is 16.6. The number of carbonyl (C=O) groups excluding carboxylic acids is 3. The van der Waals surface area contributed by atoms with Crippen molar-refractivity contribution in [2.45, 2.75) is 111 Å². The lowest BCUT2D eigenvalue weighted by Gasteiger charge is -2.36. The SMILES string of the molecule is CCN(C(=O)C(NC(=O)OC(C)(C)C)C(C)C)C(C(=O)NC1CCCCC1)c1cccc(C)c1C. The van der Waals surface area contributed by atoms with Gasteiger partial charge in [0.15, 0.2) is 0 Å². The second-order valence-corrected chi connectivity index (χ2v) is 11.0. The monoisotopic (exact) mass is 487 g/mol. The lowest BCUT2D eigenvalue weighted by Crippen LogP contribution is -2.55. The molecule has 0 aromatic heterocycles. The topological polar surface area (TPSA) is 87.7 Å². The van der Waals surface area contributed by atoms with Crippen LogP contribution in [-0.2, 0) is 14.3 Å². The van der Waals surface area contributed by atoms with Gasteiger partial charge in [0, 0.05) is 12.6 Å². The van der Waals surface area contributed by atoms with Gasteiger partial charge in [-0.3, -0.25) is 9.59 Å². The van der Waals surface area contributed by atoms with E-state index >= 15 is 0 Å². The highest BCUT2D eigenvalue weighted by Gasteiger charge is 2.38. The van der Waals surface area contributed by atoms with Crippen molar-refractivity contribution in [1.82, 2.24) is 15.5 Å². The third-order valence-electron chi connectivity index (χ3n) is 6.68. The Hall–Kier alpha value is -2.57. The highest BCUT2D eigenvalue weighted by molar-refractivity contribution is 5.92. The van der Waals surface area contributed by atoms with E-state index in [1.165, 1.54) is 6.42 Å². The average Bonchev–Trinajstić information content (AvgIpc) is 2.77. The molecule has 2 unspecified atom stereocenters. The number of nitrogens with zero attached hydrogens (tertiary/aromatic N) is 1. The summed E-state index contributed by atoms with van der Waals surface area (Å²) in [6, 6.07) is 4.38. The number of nitrogens with one attached hydrogen (secondary N) is 2. The number of hydrogen-bond acceptors (Lipinski definition) is 4. The van der Waals surface area contributed by atoms with Gasteiger partial charge in [-0.15, -0.1) is 0 Å². The van der Waals surface area contributed by atoms with Gasteiger partial charge in [-0.25, -0.2) is 4.79 Å². The zero-order valence-electron chi connectivity index (χ0n) is 22.9. The number of ether oxygens (including phenoxy) is 1. The molecule has 1 aromatic rings. The lowest BCUT2D eigenvalue weighted by molar-refractivity contribution is -0.143. The number of carbonyl (C=O) groups is 3. The molecular formula is C28H45N3O4. The molecule has 1 saturated carbocycles. The zero-order chi connectivity index (χ0) is 26.3. The molecule has 0 aliphatic heterocycles. The summed E-state index contributed by atoms with van der Waals surface area (Å²) in [4.78, 5) is 41.8. The van der Waals surface area contributed by atoms with Crippen molar-refractivity contribution in [3.63, 3.8) is 0 Å². The molecule has 7 nitrogen and oxygen atoms in total. The van der Waals surface area contributed by atoms with E-state index in [1.807, 2.05) is 52.8 Å². The number of amides is 3. The summed E-state index contributed by atoms with van der Waals surface area (Å²) in [5.74, 6) is -0.650. The maximum absolute atomic E-state index is 13.9. The van der Waals surface area contributed by atoms with Gasteiger partial charge >= 0.3 is 6.09 Å². The van der Waals surface area contributed by atoms with Gasteiger partial charge in [0.05, 0.1) is 0 Å². The molecule has 3 amide bonds. The van der Waals surface area contributed by atoms with Gasteiger partial charge in [0.1, 0.15) is 17.7 Å². The van der Waals surface area contributed by atoms with Crippen molar-refractivity contribution in [3.8, 4) is 0 Å². The molecule has 2 N–H and O–H groups in total. The lowest BCUT2D eigenvalue weighted by atomic mass is 9.92. The van der Waals surface area contributed by atoms with E-state index in [0.29, 0.717) is 6.54 Å². The van der Waals surface area contributed by atoms with Crippen LogP contribution < -0.4 is 10.6 Å². The number of rotatable bonds is 8. The van der Waals surface area contributed by atoms with Crippen molar-refractivity contribution >= 4 is 17.9 Å². The van der Waals surface area contributed by atoms with Crippen LogP contribution in [0.1, 0.15) is 96.4 Å². The zero-order valence-corrected chi connectivity index (χ0v) is 22.9. The third kappa shape index (κ3) is 7.97. The van der Waals surface area contributed by atoms with Gasteiger partial charge in [-0.2, -0.15) is 0 Å². The maximum Gasteiger partial charge on any atom is 0.408 e. The second kappa shape index (κ2) is 12.4. The molecule has 1 aliphatic carbocycles. The Bertz CT molecular complexity index is 885. The molecular weight excluding hydrogens is 442 g/mol. The van der Waals surface area contributed by atoms with Crippen molar-refractivity contribution < 1.29 is 19.1 Å². The molecule has 0 spiro atoms. The Morgan fingerprint density at radius 3 is 2.26 bits per heavy atom. The largest absolute Gasteiger partial charge is 0.444 e. The van der Waals surface area contributed by atoms with E-state index in [1.54, 1.807) is 25.7 Å². The Labute approximate surface area is 211 Å². The van der Waals surface area contributed by atoms with Crippen LogP contribution in [0.2, 0.25) is 0 Å². The number of likely N-dealkylation sites (N-methyl/N-ethyl adjacent to an activating group) is 1. The molecule has 196 valence electrons. The predicted molar refractivity (Wildman–Crippen MR) is 139 cm³/mol. The normalized spacial score (nSPS) is 16.4. The molecule has 0 heterocycles. The smallest absolute Gasteiger partial charge is 0.408 e. The first-order valence-corrected chi connectivity index (χ1v) is 13.0.